The lowest BCUT2D eigenvalue weighted by Crippen LogP contribution is -2.46. The number of nitrogens with one attached hydrogen (secondary N) is 2. The highest BCUT2D eigenvalue weighted by atomic mass is 16.5. The maximum atomic E-state index is 12.1. The smallest absolute Gasteiger partial charge is 0.271 e. The Hall–Kier alpha value is -3.20. The van der Waals surface area contributed by atoms with E-state index in [0.29, 0.717) is 12.1 Å². The van der Waals surface area contributed by atoms with E-state index in [1.165, 1.54) is 6.20 Å². The molecule has 3 heterocycles. The molecule has 1 aromatic carbocycles. The summed E-state index contributed by atoms with van der Waals surface area (Å²) in [5.41, 5.74) is 2.19. The SMILES string of the molecule is CCC1Oc2ccc(CN3CCN(c4cnc(C(=O)NC)cn4)CC3)cc2NC1=O. The highest BCUT2D eigenvalue weighted by Crippen LogP contribution is 2.31. The molecule has 1 aromatic heterocycles. The largest absolute Gasteiger partial charge is 0.478 e. The molecule has 4 rings (SSSR count). The van der Waals surface area contributed by atoms with Crippen LogP contribution >= 0.6 is 0 Å². The molecule has 2 aliphatic rings. The maximum Gasteiger partial charge on any atom is 0.271 e. The Balaban J connectivity index is 1.34. The number of fused-ring (bicyclic) bond motifs is 1. The lowest BCUT2D eigenvalue weighted by molar-refractivity contribution is -0.123. The van der Waals surface area contributed by atoms with Crippen molar-refractivity contribution < 1.29 is 14.3 Å². The molecule has 1 saturated heterocycles. The van der Waals surface area contributed by atoms with Gasteiger partial charge in [-0.3, -0.25) is 14.5 Å². The van der Waals surface area contributed by atoms with Gasteiger partial charge in [0.1, 0.15) is 17.3 Å². The second-order valence-corrected chi connectivity index (χ2v) is 7.44. The normalized spacial score (nSPS) is 18.9. The fraction of sp³-hybridized carbons (Fsp3) is 0.429. The fourth-order valence-corrected chi connectivity index (χ4v) is 3.69. The van der Waals surface area contributed by atoms with Crippen molar-refractivity contribution in [2.75, 3.05) is 43.4 Å². The summed E-state index contributed by atoms with van der Waals surface area (Å²) >= 11 is 0. The Labute approximate surface area is 175 Å². The number of carbonyl (C=O) groups is 2. The van der Waals surface area contributed by atoms with Gasteiger partial charge in [-0.05, 0) is 24.1 Å². The zero-order valence-electron chi connectivity index (χ0n) is 17.2. The van der Waals surface area contributed by atoms with E-state index >= 15 is 0 Å². The van der Waals surface area contributed by atoms with Crippen molar-refractivity contribution in [3.63, 3.8) is 0 Å². The number of piperazine rings is 1. The molecule has 0 spiro atoms. The van der Waals surface area contributed by atoms with Crippen LogP contribution in [0, 0.1) is 0 Å². The number of ether oxygens (including phenoxy) is 1. The minimum Gasteiger partial charge on any atom is -0.478 e. The highest BCUT2D eigenvalue weighted by molar-refractivity contribution is 5.97. The van der Waals surface area contributed by atoms with Crippen LogP contribution in [0.3, 0.4) is 0 Å². The summed E-state index contributed by atoms with van der Waals surface area (Å²) in [6.07, 6.45) is 3.39. The van der Waals surface area contributed by atoms with Gasteiger partial charge in [-0.1, -0.05) is 13.0 Å². The second-order valence-electron chi connectivity index (χ2n) is 7.44. The molecular weight excluding hydrogens is 384 g/mol. The van der Waals surface area contributed by atoms with Crippen LogP contribution in [0.1, 0.15) is 29.4 Å². The number of nitrogens with zero attached hydrogens (tertiary/aromatic N) is 4. The summed E-state index contributed by atoms with van der Waals surface area (Å²) in [5.74, 6) is 1.19. The van der Waals surface area contributed by atoms with E-state index in [1.54, 1.807) is 13.2 Å². The van der Waals surface area contributed by atoms with E-state index in [9.17, 15) is 9.59 Å². The summed E-state index contributed by atoms with van der Waals surface area (Å²) in [6.45, 7) is 6.17. The molecule has 0 radical (unpaired) electrons. The van der Waals surface area contributed by atoms with Gasteiger partial charge >= 0.3 is 0 Å². The van der Waals surface area contributed by atoms with E-state index in [1.807, 2.05) is 19.1 Å². The molecule has 9 heteroatoms. The van der Waals surface area contributed by atoms with Crippen molar-refractivity contribution in [1.82, 2.24) is 20.2 Å². The zero-order chi connectivity index (χ0) is 21.1. The first-order valence-corrected chi connectivity index (χ1v) is 10.2. The predicted octanol–water partition coefficient (Wildman–Crippen LogP) is 1.27. The van der Waals surface area contributed by atoms with Crippen molar-refractivity contribution in [3.8, 4) is 5.75 Å². The molecule has 9 nitrogen and oxygen atoms in total. The van der Waals surface area contributed by atoms with Gasteiger partial charge in [0.05, 0.1) is 18.1 Å². The molecule has 2 amide bonds. The van der Waals surface area contributed by atoms with E-state index in [-0.39, 0.29) is 11.8 Å². The standard InChI is InChI=1S/C21H26N6O3/c1-3-17-21(29)25-15-10-14(4-5-18(15)30-17)13-26-6-8-27(9-7-26)19-12-23-16(11-24-19)20(28)22-2/h4-5,10-12,17H,3,6-9,13H2,1-2H3,(H,22,28)(H,25,29). The molecule has 2 aliphatic heterocycles. The topological polar surface area (TPSA) is 99.7 Å². The van der Waals surface area contributed by atoms with E-state index < -0.39 is 6.10 Å². The average molecular weight is 410 g/mol. The van der Waals surface area contributed by atoms with Gasteiger partial charge in [-0.15, -0.1) is 0 Å². The van der Waals surface area contributed by atoms with E-state index in [4.69, 9.17) is 4.74 Å². The van der Waals surface area contributed by atoms with Gasteiger partial charge in [0, 0.05) is 39.8 Å². The predicted molar refractivity (Wildman–Crippen MR) is 113 cm³/mol. The summed E-state index contributed by atoms with van der Waals surface area (Å²) in [7, 11) is 1.57. The average Bonchev–Trinajstić information content (AvgIpc) is 2.78. The first-order chi connectivity index (χ1) is 14.6. The van der Waals surface area contributed by atoms with E-state index in [2.05, 4.69) is 36.5 Å². The summed E-state index contributed by atoms with van der Waals surface area (Å²) in [4.78, 5) is 36.8. The summed E-state index contributed by atoms with van der Waals surface area (Å²) in [5, 5.41) is 5.49. The fourth-order valence-electron chi connectivity index (χ4n) is 3.69. The number of hydrogen-bond acceptors (Lipinski definition) is 7. The van der Waals surface area contributed by atoms with Crippen molar-refractivity contribution in [2.45, 2.75) is 26.0 Å². The van der Waals surface area contributed by atoms with Gasteiger partial charge in [-0.2, -0.15) is 0 Å². The molecule has 0 saturated carbocycles. The number of benzene rings is 1. The van der Waals surface area contributed by atoms with Gasteiger partial charge in [-0.25, -0.2) is 9.97 Å². The number of aromatic nitrogens is 2. The first kappa shape index (κ1) is 20.1. The number of amides is 2. The first-order valence-electron chi connectivity index (χ1n) is 10.2. The number of hydrogen-bond donors (Lipinski definition) is 2. The number of rotatable bonds is 5. The molecule has 30 heavy (non-hydrogen) atoms. The lowest BCUT2D eigenvalue weighted by atomic mass is 10.1. The van der Waals surface area contributed by atoms with Gasteiger partial charge in [0.2, 0.25) is 0 Å². The highest BCUT2D eigenvalue weighted by Gasteiger charge is 2.26. The van der Waals surface area contributed by atoms with Gasteiger partial charge in [0.25, 0.3) is 11.8 Å². The second kappa shape index (κ2) is 8.66. The molecule has 1 unspecified atom stereocenters. The third-order valence-electron chi connectivity index (χ3n) is 5.43. The summed E-state index contributed by atoms with van der Waals surface area (Å²) in [6, 6.07) is 5.99. The quantitative estimate of drug-likeness (QED) is 0.766. The lowest BCUT2D eigenvalue weighted by Gasteiger charge is -2.35. The van der Waals surface area contributed by atoms with Crippen LogP contribution in [0.5, 0.6) is 5.75 Å². The monoisotopic (exact) mass is 410 g/mol. The van der Waals surface area contributed by atoms with Crippen LogP contribution in [-0.2, 0) is 11.3 Å². The van der Waals surface area contributed by atoms with Crippen LogP contribution < -0.4 is 20.3 Å². The van der Waals surface area contributed by atoms with Crippen molar-refractivity contribution in [3.05, 3.63) is 41.9 Å². The number of anilines is 2. The molecular formula is C21H26N6O3. The minimum atomic E-state index is -0.412. The molecule has 158 valence electrons. The molecule has 0 aliphatic carbocycles. The summed E-state index contributed by atoms with van der Waals surface area (Å²) < 4.78 is 5.76. The molecule has 0 bridgehead atoms. The van der Waals surface area contributed by atoms with Crippen molar-refractivity contribution in [2.24, 2.45) is 0 Å². The van der Waals surface area contributed by atoms with Crippen LogP contribution in [0.4, 0.5) is 11.5 Å². The Morgan fingerprint density at radius 1 is 1.23 bits per heavy atom. The third kappa shape index (κ3) is 4.20. The molecule has 2 N–H and O–H groups in total. The Kier molecular flexibility index (Phi) is 5.80. The molecule has 1 fully saturated rings. The van der Waals surface area contributed by atoms with Crippen LogP contribution in [0.25, 0.3) is 0 Å². The zero-order valence-corrected chi connectivity index (χ0v) is 17.2. The molecule has 2 aromatic rings. The number of carbonyl (C=O) groups excluding carboxylic acids is 2. The Bertz CT molecular complexity index is 925. The van der Waals surface area contributed by atoms with Gasteiger partial charge < -0.3 is 20.3 Å². The third-order valence-corrected chi connectivity index (χ3v) is 5.43. The van der Waals surface area contributed by atoms with Crippen LogP contribution in [0.15, 0.2) is 30.6 Å². The maximum absolute atomic E-state index is 12.1. The van der Waals surface area contributed by atoms with Crippen molar-refractivity contribution >= 4 is 23.3 Å². The van der Waals surface area contributed by atoms with Crippen LogP contribution in [0.2, 0.25) is 0 Å². The van der Waals surface area contributed by atoms with Crippen molar-refractivity contribution in [1.29, 1.82) is 0 Å². The molecule has 1 atom stereocenters. The Morgan fingerprint density at radius 2 is 2.03 bits per heavy atom. The van der Waals surface area contributed by atoms with Gasteiger partial charge in [0.15, 0.2) is 6.10 Å². The van der Waals surface area contributed by atoms with E-state index in [0.717, 1.165) is 55.5 Å². The Morgan fingerprint density at radius 3 is 2.70 bits per heavy atom. The van der Waals surface area contributed by atoms with Crippen LogP contribution in [-0.4, -0.2) is 66.0 Å². The minimum absolute atomic E-state index is 0.0840.